The average Bonchev–Trinajstić information content (AvgIpc) is 1.85. The summed E-state index contributed by atoms with van der Waals surface area (Å²) in [5.74, 6) is 0. The molecule has 0 aromatic heterocycles. The van der Waals surface area contributed by atoms with Crippen molar-refractivity contribution in [1.29, 1.82) is 0 Å². The number of hydrogen-bond acceptors (Lipinski definition) is 3. The molecule has 3 N–H and O–H groups in total. The minimum absolute atomic E-state index is 0.0844. The van der Waals surface area contributed by atoms with Crippen molar-refractivity contribution in [3.05, 3.63) is 0 Å². The van der Waals surface area contributed by atoms with Crippen LogP contribution < -0.4 is 5.73 Å². The van der Waals surface area contributed by atoms with E-state index in [4.69, 9.17) is 15.6 Å². The first-order valence-corrected chi connectivity index (χ1v) is 3.65. The fraction of sp³-hybridized carbons (Fsp3) is 1.00. The van der Waals surface area contributed by atoms with Crippen molar-refractivity contribution in [1.82, 2.24) is 0 Å². The molecule has 0 rings (SSSR count). The Balaban J connectivity index is 3.12. The average molecular weight is 147 g/mol. The maximum atomic E-state index is 8.49. The third kappa shape index (κ3) is 6.01. The Hall–Kier alpha value is -0.120. The van der Waals surface area contributed by atoms with E-state index in [0.717, 1.165) is 0 Å². The van der Waals surface area contributed by atoms with Gasteiger partial charge in [-0.2, -0.15) is 0 Å². The van der Waals surface area contributed by atoms with Crippen molar-refractivity contribution in [2.24, 2.45) is 5.73 Å². The summed E-state index contributed by atoms with van der Waals surface area (Å²) in [5, 5.41) is 8.49. The molecule has 0 aliphatic heterocycles. The topological polar surface area (TPSA) is 55.5 Å². The van der Waals surface area contributed by atoms with E-state index in [1.807, 2.05) is 13.8 Å². The van der Waals surface area contributed by atoms with Gasteiger partial charge in [-0.3, -0.25) is 0 Å². The Morgan fingerprint density at radius 1 is 1.50 bits per heavy atom. The molecule has 0 amide bonds. The Labute approximate surface area is 62.2 Å². The molecule has 3 nitrogen and oxygen atoms in total. The van der Waals surface area contributed by atoms with Crippen LogP contribution in [0.1, 0.15) is 20.3 Å². The summed E-state index contributed by atoms with van der Waals surface area (Å²) in [7, 11) is 0. The van der Waals surface area contributed by atoms with Gasteiger partial charge < -0.3 is 15.6 Å². The van der Waals surface area contributed by atoms with Crippen LogP contribution in [0.3, 0.4) is 0 Å². The SMILES string of the molecule is CC(N)COC(C)CCO. The Morgan fingerprint density at radius 3 is 2.50 bits per heavy atom. The lowest BCUT2D eigenvalue weighted by atomic mass is 10.3. The molecule has 0 saturated heterocycles. The zero-order chi connectivity index (χ0) is 7.98. The molecule has 0 fully saturated rings. The molecule has 0 aromatic rings. The number of ether oxygens (including phenoxy) is 1. The first-order chi connectivity index (χ1) is 4.66. The summed E-state index contributed by atoms with van der Waals surface area (Å²) in [6.07, 6.45) is 0.809. The van der Waals surface area contributed by atoms with E-state index in [-0.39, 0.29) is 18.8 Å². The fourth-order valence-electron chi connectivity index (χ4n) is 0.581. The largest absolute Gasteiger partial charge is 0.396 e. The van der Waals surface area contributed by atoms with Crippen LogP contribution in [0.15, 0.2) is 0 Å². The van der Waals surface area contributed by atoms with Crippen LogP contribution in [-0.2, 0) is 4.74 Å². The van der Waals surface area contributed by atoms with Gasteiger partial charge in [-0.1, -0.05) is 0 Å². The van der Waals surface area contributed by atoms with Crippen LogP contribution >= 0.6 is 0 Å². The highest BCUT2D eigenvalue weighted by Crippen LogP contribution is 1.95. The first kappa shape index (κ1) is 9.88. The number of aliphatic hydroxyl groups excluding tert-OH is 1. The van der Waals surface area contributed by atoms with E-state index < -0.39 is 0 Å². The third-order valence-corrected chi connectivity index (χ3v) is 1.18. The van der Waals surface area contributed by atoms with Gasteiger partial charge in [-0.25, -0.2) is 0 Å². The van der Waals surface area contributed by atoms with E-state index in [2.05, 4.69) is 0 Å². The van der Waals surface area contributed by atoms with Gasteiger partial charge in [-0.15, -0.1) is 0 Å². The molecule has 0 saturated carbocycles. The van der Waals surface area contributed by atoms with E-state index >= 15 is 0 Å². The number of aliphatic hydroxyl groups is 1. The van der Waals surface area contributed by atoms with Crippen LogP contribution in [0.5, 0.6) is 0 Å². The van der Waals surface area contributed by atoms with E-state index in [1.165, 1.54) is 0 Å². The summed E-state index contributed by atoms with van der Waals surface area (Å²) in [4.78, 5) is 0. The maximum Gasteiger partial charge on any atom is 0.0618 e. The molecule has 0 bridgehead atoms. The molecule has 0 aromatic carbocycles. The van der Waals surface area contributed by atoms with Gasteiger partial charge in [0.05, 0.1) is 12.7 Å². The Morgan fingerprint density at radius 2 is 2.10 bits per heavy atom. The minimum atomic E-state index is 0.0844. The number of rotatable bonds is 5. The minimum Gasteiger partial charge on any atom is -0.396 e. The van der Waals surface area contributed by atoms with Crippen LogP contribution in [0.4, 0.5) is 0 Å². The third-order valence-electron chi connectivity index (χ3n) is 1.18. The van der Waals surface area contributed by atoms with Gasteiger partial charge >= 0.3 is 0 Å². The van der Waals surface area contributed by atoms with Crippen LogP contribution in [0, 0.1) is 0 Å². The molecule has 3 heteroatoms. The molecule has 0 heterocycles. The molecule has 2 unspecified atom stereocenters. The molecular formula is C7H17NO2. The Bertz CT molecular complexity index is 76.0. The quantitative estimate of drug-likeness (QED) is 0.580. The second-order valence-electron chi connectivity index (χ2n) is 2.63. The van der Waals surface area contributed by atoms with Gasteiger partial charge in [0.2, 0.25) is 0 Å². The second kappa shape index (κ2) is 5.65. The zero-order valence-corrected chi connectivity index (χ0v) is 6.71. The summed E-state index contributed by atoms with van der Waals surface area (Å²) >= 11 is 0. The highest BCUT2D eigenvalue weighted by atomic mass is 16.5. The molecule has 0 aliphatic rings. The van der Waals surface area contributed by atoms with Gasteiger partial charge in [-0.05, 0) is 20.3 Å². The monoisotopic (exact) mass is 147 g/mol. The lowest BCUT2D eigenvalue weighted by Gasteiger charge is -2.12. The van der Waals surface area contributed by atoms with Gasteiger partial charge in [0.25, 0.3) is 0 Å². The van der Waals surface area contributed by atoms with Gasteiger partial charge in [0.15, 0.2) is 0 Å². The van der Waals surface area contributed by atoms with Crippen molar-refractivity contribution in [2.45, 2.75) is 32.4 Å². The van der Waals surface area contributed by atoms with Crippen molar-refractivity contribution in [3.63, 3.8) is 0 Å². The predicted molar refractivity (Wildman–Crippen MR) is 40.8 cm³/mol. The van der Waals surface area contributed by atoms with E-state index in [1.54, 1.807) is 0 Å². The van der Waals surface area contributed by atoms with Crippen molar-refractivity contribution in [3.8, 4) is 0 Å². The molecule has 10 heavy (non-hydrogen) atoms. The summed E-state index contributed by atoms with van der Waals surface area (Å²) < 4.78 is 5.26. The molecule has 0 radical (unpaired) electrons. The highest BCUT2D eigenvalue weighted by Gasteiger charge is 2.01. The molecule has 62 valence electrons. The smallest absolute Gasteiger partial charge is 0.0618 e. The van der Waals surface area contributed by atoms with Crippen molar-refractivity contribution < 1.29 is 9.84 Å². The lowest BCUT2D eigenvalue weighted by Crippen LogP contribution is -2.25. The Kier molecular flexibility index (Phi) is 5.58. The maximum absolute atomic E-state index is 8.49. The van der Waals surface area contributed by atoms with Crippen LogP contribution in [0.2, 0.25) is 0 Å². The highest BCUT2D eigenvalue weighted by molar-refractivity contribution is 4.53. The molecule has 2 atom stereocenters. The molecule has 0 aliphatic carbocycles. The van der Waals surface area contributed by atoms with E-state index in [0.29, 0.717) is 13.0 Å². The summed E-state index contributed by atoms with van der Waals surface area (Å²) in [5.41, 5.74) is 5.45. The number of nitrogens with two attached hydrogens (primary N) is 1. The first-order valence-electron chi connectivity index (χ1n) is 3.65. The van der Waals surface area contributed by atoms with Crippen molar-refractivity contribution >= 4 is 0 Å². The summed E-state index contributed by atoms with van der Waals surface area (Å²) in [6, 6.07) is 0.0844. The standard InChI is InChI=1S/C7H17NO2/c1-6(8)5-10-7(2)3-4-9/h6-7,9H,3-5,8H2,1-2H3. The second-order valence-corrected chi connectivity index (χ2v) is 2.63. The molecular weight excluding hydrogens is 130 g/mol. The normalized spacial score (nSPS) is 16.8. The van der Waals surface area contributed by atoms with Crippen LogP contribution in [0.25, 0.3) is 0 Å². The van der Waals surface area contributed by atoms with Crippen molar-refractivity contribution in [2.75, 3.05) is 13.2 Å². The lowest BCUT2D eigenvalue weighted by molar-refractivity contribution is 0.0420. The van der Waals surface area contributed by atoms with Gasteiger partial charge in [0, 0.05) is 12.6 Å². The predicted octanol–water partition coefficient (Wildman–Crippen LogP) is 0.121. The number of hydrogen-bond donors (Lipinski definition) is 2. The zero-order valence-electron chi connectivity index (χ0n) is 6.71. The van der Waals surface area contributed by atoms with Gasteiger partial charge in [0.1, 0.15) is 0 Å². The van der Waals surface area contributed by atoms with Crippen LogP contribution in [-0.4, -0.2) is 30.5 Å². The summed E-state index contributed by atoms with van der Waals surface area (Å²) in [6.45, 7) is 4.57. The van der Waals surface area contributed by atoms with E-state index in [9.17, 15) is 0 Å². The molecule has 0 spiro atoms. The fourth-order valence-corrected chi connectivity index (χ4v) is 0.581.